The first-order chi connectivity index (χ1) is 14.6. The number of hydrogen-bond donors (Lipinski definition) is 1. The standard InChI is InChI=1S/C20H21ClF3N3O3S/c21-17-6-1-2-7-18(17)31(29,30)25-9-8-19(28)27-12-10-26(11-13-27)16-5-3-4-15(14-16)20(22,23)24/h1-7,14,25H,8-13H2. The smallest absolute Gasteiger partial charge is 0.368 e. The van der Waals surface area contributed by atoms with Gasteiger partial charge in [0, 0.05) is 44.8 Å². The lowest BCUT2D eigenvalue weighted by atomic mass is 10.1. The van der Waals surface area contributed by atoms with Crippen LogP contribution in [0.3, 0.4) is 0 Å². The SMILES string of the molecule is O=C(CCNS(=O)(=O)c1ccccc1Cl)N1CCN(c2cccc(C(F)(F)F)c2)CC1. The number of carbonyl (C=O) groups excluding carboxylic acids is 1. The maximum Gasteiger partial charge on any atom is 0.416 e. The van der Waals surface area contributed by atoms with Gasteiger partial charge in [-0.15, -0.1) is 0 Å². The van der Waals surface area contributed by atoms with E-state index in [0.717, 1.165) is 12.1 Å². The van der Waals surface area contributed by atoms with Gasteiger partial charge in [0.05, 0.1) is 10.6 Å². The fourth-order valence-electron chi connectivity index (χ4n) is 3.28. The summed E-state index contributed by atoms with van der Waals surface area (Å²) in [5.74, 6) is -0.231. The molecule has 0 saturated carbocycles. The van der Waals surface area contributed by atoms with Crippen LogP contribution in [-0.2, 0) is 21.0 Å². The Morgan fingerprint density at radius 2 is 1.71 bits per heavy atom. The normalized spacial score (nSPS) is 15.2. The van der Waals surface area contributed by atoms with E-state index in [1.807, 2.05) is 0 Å². The molecule has 31 heavy (non-hydrogen) atoms. The van der Waals surface area contributed by atoms with Gasteiger partial charge in [0.1, 0.15) is 4.90 Å². The van der Waals surface area contributed by atoms with Crippen LogP contribution in [0.4, 0.5) is 18.9 Å². The van der Waals surface area contributed by atoms with Gasteiger partial charge in [0.25, 0.3) is 0 Å². The van der Waals surface area contributed by atoms with E-state index in [4.69, 9.17) is 11.6 Å². The average Bonchev–Trinajstić information content (AvgIpc) is 2.73. The highest BCUT2D eigenvalue weighted by atomic mass is 35.5. The molecule has 6 nitrogen and oxygen atoms in total. The number of sulfonamides is 1. The van der Waals surface area contributed by atoms with Gasteiger partial charge in [0.2, 0.25) is 15.9 Å². The summed E-state index contributed by atoms with van der Waals surface area (Å²) in [5.41, 5.74) is -0.260. The monoisotopic (exact) mass is 475 g/mol. The predicted octanol–water partition coefficient (Wildman–Crippen LogP) is 3.38. The Bertz CT molecular complexity index is 1040. The summed E-state index contributed by atoms with van der Waals surface area (Å²) in [4.78, 5) is 15.7. The number of rotatable bonds is 6. The van der Waals surface area contributed by atoms with Gasteiger partial charge >= 0.3 is 6.18 Å². The Morgan fingerprint density at radius 1 is 1.03 bits per heavy atom. The van der Waals surface area contributed by atoms with Gasteiger partial charge in [-0.05, 0) is 30.3 Å². The molecule has 1 saturated heterocycles. The van der Waals surface area contributed by atoms with Crippen LogP contribution in [0.15, 0.2) is 53.4 Å². The maximum absolute atomic E-state index is 12.9. The number of hydrogen-bond acceptors (Lipinski definition) is 4. The molecular formula is C20H21ClF3N3O3S. The van der Waals surface area contributed by atoms with Gasteiger partial charge < -0.3 is 9.80 Å². The molecule has 2 aromatic carbocycles. The number of carbonyl (C=O) groups is 1. The zero-order valence-corrected chi connectivity index (χ0v) is 18.0. The molecule has 168 valence electrons. The maximum atomic E-state index is 12.9. The molecule has 1 heterocycles. The number of nitrogens with zero attached hydrogens (tertiary/aromatic N) is 2. The van der Waals surface area contributed by atoms with E-state index in [1.54, 1.807) is 28.0 Å². The van der Waals surface area contributed by atoms with Crippen molar-refractivity contribution in [3.63, 3.8) is 0 Å². The van der Waals surface area contributed by atoms with Gasteiger partial charge in [-0.1, -0.05) is 29.8 Å². The molecule has 1 N–H and O–H groups in total. The molecule has 0 unspecified atom stereocenters. The van der Waals surface area contributed by atoms with Crippen LogP contribution < -0.4 is 9.62 Å². The summed E-state index contributed by atoms with van der Waals surface area (Å²) < 4.78 is 65.7. The van der Waals surface area contributed by atoms with Crippen LogP contribution in [0.25, 0.3) is 0 Å². The molecule has 1 fully saturated rings. The summed E-state index contributed by atoms with van der Waals surface area (Å²) in [5, 5.41) is 0.0899. The molecule has 0 bridgehead atoms. The molecule has 0 radical (unpaired) electrons. The van der Waals surface area contributed by atoms with E-state index < -0.39 is 21.8 Å². The summed E-state index contributed by atoms with van der Waals surface area (Å²) in [6, 6.07) is 11.1. The van der Waals surface area contributed by atoms with Gasteiger partial charge in [-0.3, -0.25) is 4.79 Å². The van der Waals surface area contributed by atoms with Crippen molar-refractivity contribution >= 4 is 33.2 Å². The van der Waals surface area contributed by atoms with Gasteiger partial charge in [-0.25, -0.2) is 13.1 Å². The number of anilines is 1. The molecule has 0 spiro atoms. The third-order valence-electron chi connectivity index (χ3n) is 4.93. The van der Waals surface area contributed by atoms with Gasteiger partial charge in [0.15, 0.2) is 0 Å². The van der Waals surface area contributed by atoms with Crippen LogP contribution in [-0.4, -0.2) is 51.9 Å². The zero-order valence-electron chi connectivity index (χ0n) is 16.4. The second-order valence-corrected chi connectivity index (χ2v) is 9.14. The lowest BCUT2D eigenvalue weighted by Gasteiger charge is -2.36. The van der Waals surface area contributed by atoms with Crippen molar-refractivity contribution in [1.82, 2.24) is 9.62 Å². The minimum Gasteiger partial charge on any atom is -0.368 e. The highest BCUT2D eigenvalue weighted by Gasteiger charge is 2.31. The molecule has 0 aromatic heterocycles. The first-order valence-electron chi connectivity index (χ1n) is 9.52. The minimum absolute atomic E-state index is 0.0345. The van der Waals surface area contributed by atoms with Crippen molar-refractivity contribution < 1.29 is 26.4 Å². The molecular weight excluding hydrogens is 455 g/mol. The number of benzene rings is 2. The Labute approximate surface area is 183 Å². The highest BCUT2D eigenvalue weighted by Crippen LogP contribution is 2.31. The fraction of sp³-hybridized carbons (Fsp3) is 0.350. The van der Waals surface area contributed by atoms with Crippen molar-refractivity contribution in [2.75, 3.05) is 37.6 Å². The second kappa shape index (κ2) is 9.46. The number of piperazine rings is 1. The lowest BCUT2D eigenvalue weighted by Crippen LogP contribution is -2.49. The van der Waals surface area contributed by atoms with E-state index >= 15 is 0 Å². The molecule has 1 aliphatic heterocycles. The van der Waals surface area contributed by atoms with E-state index in [9.17, 15) is 26.4 Å². The van der Waals surface area contributed by atoms with Crippen LogP contribution in [0, 0.1) is 0 Å². The minimum atomic E-state index is -4.41. The predicted molar refractivity (Wildman–Crippen MR) is 111 cm³/mol. The molecule has 1 amide bonds. The first kappa shape index (κ1) is 23.4. The largest absolute Gasteiger partial charge is 0.416 e. The quantitative estimate of drug-likeness (QED) is 0.695. The molecule has 0 aliphatic carbocycles. The summed E-state index contributed by atoms with van der Waals surface area (Å²) >= 11 is 5.91. The zero-order chi connectivity index (χ0) is 22.6. The highest BCUT2D eigenvalue weighted by molar-refractivity contribution is 7.89. The van der Waals surface area contributed by atoms with Crippen molar-refractivity contribution in [2.45, 2.75) is 17.5 Å². The average molecular weight is 476 g/mol. The first-order valence-corrected chi connectivity index (χ1v) is 11.4. The van der Waals surface area contributed by atoms with Crippen molar-refractivity contribution in [1.29, 1.82) is 0 Å². The third kappa shape index (κ3) is 5.90. The topological polar surface area (TPSA) is 69.7 Å². The van der Waals surface area contributed by atoms with Crippen molar-refractivity contribution in [2.24, 2.45) is 0 Å². The molecule has 11 heteroatoms. The third-order valence-corrected chi connectivity index (χ3v) is 6.89. The Morgan fingerprint density at radius 3 is 2.35 bits per heavy atom. The van der Waals surface area contributed by atoms with Crippen molar-refractivity contribution in [3.05, 3.63) is 59.1 Å². The van der Waals surface area contributed by atoms with Crippen LogP contribution >= 0.6 is 11.6 Å². The number of nitrogens with one attached hydrogen (secondary N) is 1. The molecule has 3 rings (SSSR count). The molecule has 1 aliphatic rings. The van der Waals surface area contributed by atoms with E-state index in [1.165, 1.54) is 18.2 Å². The van der Waals surface area contributed by atoms with Crippen LogP contribution in [0.1, 0.15) is 12.0 Å². The fourth-order valence-corrected chi connectivity index (χ4v) is 4.83. The van der Waals surface area contributed by atoms with E-state index in [0.29, 0.717) is 31.9 Å². The molecule has 0 atom stereocenters. The summed E-state index contributed by atoms with van der Waals surface area (Å²) in [6.45, 7) is 1.37. The van der Waals surface area contributed by atoms with Gasteiger partial charge in [-0.2, -0.15) is 13.2 Å². The van der Waals surface area contributed by atoms with Crippen LogP contribution in [0.2, 0.25) is 5.02 Å². The number of halogens is 4. The van der Waals surface area contributed by atoms with E-state index in [-0.39, 0.29) is 28.8 Å². The second-order valence-electron chi connectivity index (χ2n) is 6.99. The summed E-state index contributed by atoms with van der Waals surface area (Å²) in [6.07, 6.45) is -4.45. The Hall–Kier alpha value is -2.30. The Kier molecular flexibility index (Phi) is 7.13. The number of alkyl halides is 3. The van der Waals surface area contributed by atoms with Crippen molar-refractivity contribution in [3.8, 4) is 0 Å². The lowest BCUT2D eigenvalue weighted by molar-refractivity contribution is -0.137. The number of amides is 1. The van der Waals surface area contributed by atoms with E-state index in [2.05, 4.69) is 4.72 Å². The summed E-state index contributed by atoms with van der Waals surface area (Å²) in [7, 11) is -3.83. The Balaban J connectivity index is 1.50. The van der Waals surface area contributed by atoms with Crippen LogP contribution in [0.5, 0.6) is 0 Å². The molecule has 2 aromatic rings.